The molecule has 1 heterocycles. The zero-order chi connectivity index (χ0) is 14.9. The second kappa shape index (κ2) is 5.64. The highest BCUT2D eigenvalue weighted by Gasteiger charge is 2.21. The van der Waals surface area contributed by atoms with Crippen molar-refractivity contribution in [2.75, 3.05) is 5.32 Å². The van der Waals surface area contributed by atoms with Crippen LogP contribution in [-0.4, -0.2) is 26.8 Å². The Morgan fingerprint density at radius 1 is 1.40 bits per heavy atom. The van der Waals surface area contributed by atoms with Crippen LogP contribution in [-0.2, 0) is 7.05 Å². The van der Waals surface area contributed by atoms with Crippen LogP contribution in [0.1, 0.15) is 20.8 Å². The van der Waals surface area contributed by atoms with Gasteiger partial charge in [0.05, 0.1) is 15.1 Å². The monoisotopic (exact) mass is 357 g/mol. The third kappa shape index (κ3) is 2.68. The lowest BCUT2D eigenvalue weighted by molar-refractivity contribution is 0.0688. The summed E-state index contributed by atoms with van der Waals surface area (Å²) in [5.41, 5.74) is 0.112. The number of amides is 1. The van der Waals surface area contributed by atoms with Crippen LogP contribution in [0.5, 0.6) is 0 Å². The molecule has 0 spiro atoms. The molecule has 0 unspecified atom stereocenters. The molecule has 0 radical (unpaired) electrons. The lowest BCUT2D eigenvalue weighted by atomic mass is 10.2. The highest BCUT2D eigenvalue weighted by atomic mass is 79.9. The first-order chi connectivity index (χ1) is 9.41. The standard InChI is InChI=1S/C12H9BrClN3O3/c1-17-10(8(13)9(16-17)12(19)20)15-11(18)6-4-2-3-5-7(6)14/h2-5H,1H3,(H,15,18)(H,19,20). The summed E-state index contributed by atoms with van der Waals surface area (Å²) in [6.07, 6.45) is 0. The van der Waals surface area contributed by atoms with Crippen molar-refractivity contribution in [3.8, 4) is 0 Å². The summed E-state index contributed by atoms with van der Waals surface area (Å²) in [5.74, 6) is -1.39. The van der Waals surface area contributed by atoms with E-state index in [-0.39, 0.29) is 16.0 Å². The molecule has 0 aliphatic heterocycles. The molecule has 20 heavy (non-hydrogen) atoms. The number of aryl methyl sites for hydroxylation is 1. The highest BCUT2D eigenvalue weighted by Crippen LogP contribution is 2.27. The Morgan fingerprint density at radius 3 is 2.60 bits per heavy atom. The number of anilines is 1. The molecule has 8 heteroatoms. The van der Waals surface area contributed by atoms with E-state index in [4.69, 9.17) is 16.7 Å². The number of benzene rings is 1. The summed E-state index contributed by atoms with van der Waals surface area (Å²) in [6.45, 7) is 0. The van der Waals surface area contributed by atoms with Gasteiger partial charge in [-0.3, -0.25) is 9.48 Å². The van der Waals surface area contributed by atoms with Crippen LogP contribution in [0.3, 0.4) is 0 Å². The molecule has 2 N–H and O–H groups in total. The number of halogens is 2. The second-order valence-corrected chi connectivity index (χ2v) is 5.07. The van der Waals surface area contributed by atoms with Crippen LogP contribution < -0.4 is 5.32 Å². The smallest absolute Gasteiger partial charge is 0.357 e. The Bertz CT molecular complexity index is 699. The van der Waals surface area contributed by atoms with Gasteiger partial charge in [0, 0.05) is 7.05 Å². The molecule has 0 bridgehead atoms. The molecular formula is C12H9BrClN3O3. The minimum Gasteiger partial charge on any atom is -0.476 e. The molecule has 6 nitrogen and oxygen atoms in total. The Hall–Kier alpha value is -1.86. The average molecular weight is 359 g/mol. The van der Waals surface area contributed by atoms with E-state index in [1.807, 2.05) is 0 Å². The first-order valence-electron chi connectivity index (χ1n) is 5.43. The number of aromatic carboxylic acids is 1. The number of hydrogen-bond acceptors (Lipinski definition) is 3. The highest BCUT2D eigenvalue weighted by molar-refractivity contribution is 9.10. The van der Waals surface area contributed by atoms with Crippen molar-refractivity contribution < 1.29 is 14.7 Å². The van der Waals surface area contributed by atoms with Crippen molar-refractivity contribution >= 4 is 45.2 Å². The Morgan fingerprint density at radius 2 is 2.05 bits per heavy atom. The SMILES string of the molecule is Cn1nc(C(=O)O)c(Br)c1NC(=O)c1ccccc1Cl. The van der Waals surface area contributed by atoms with Gasteiger partial charge >= 0.3 is 5.97 Å². The molecule has 0 atom stereocenters. The van der Waals surface area contributed by atoms with Crippen molar-refractivity contribution in [1.29, 1.82) is 0 Å². The summed E-state index contributed by atoms with van der Waals surface area (Å²) in [7, 11) is 1.53. The lowest BCUT2D eigenvalue weighted by Gasteiger charge is -2.07. The van der Waals surface area contributed by atoms with Crippen molar-refractivity contribution in [3.63, 3.8) is 0 Å². The zero-order valence-electron chi connectivity index (χ0n) is 10.2. The summed E-state index contributed by atoms with van der Waals surface area (Å²) in [6, 6.07) is 6.56. The zero-order valence-corrected chi connectivity index (χ0v) is 12.6. The molecule has 1 aromatic heterocycles. The lowest BCUT2D eigenvalue weighted by Crippen LogP contribution is -2.15. The van der Waals surface area contributed by atoms with Gasteiger partial charge < -0.3 is 10.4 Å². The molecule has 2 rings (SSSR count). The molecular weight excluding hydrogens is 350 g/mol. The fraction of sp³-hybridized carbons (Fsp3) is 0.0833. The van der Waals surface area contributed by atoms with E-state index in [2.05, 4.69) is 26.3 Å². The van der Waals surface area contributed by atoms with Gasteiger partial charge in [0.1, 0.15) is 5.82 Å². The third-order valence-corrected chi connectivity index (χ3v) is 3.62. The maximum Gasteiger partial charge on any atom is 0.357 e. The number of carbonyl (C=O) groups excluding carboxylic acids is 1. The minimum absolute atomic E-state index is 0.179. The van der Waals surface area contributed by atoms with Gasteiger partial charge in [-0.2, -0.15) is 5.10 Å². The van der Waals surface area contributed by atoms with Gasteiger partial charge in [0.15, 0.2) is 5.69 Å². The number of nitrogens with one attached hydrogen (secondary N) is 1. The number of carboxylic acid groups (broad SMARTS) is 1. The fourth-order valence-electron chi connectivity index (χ4n) is 1.59. The van der Waals surface area contributed by atoms with Gasteiger partial charge in [0.25, 0.3) is 5.91 Å². The maximum absolute atomic E-state index is 12.1. The molecule has 2 aromatic rings. The van der Waals surface area contributed by atoms with E-state index in [9.17, 15) is 9.59 Å². The van der Waals surface area contributed by atoms with Crippen LogP contribution in [0.25, 0.3) is 0 Å². The van der Waals surface area contributed by atoms with Crippen molar-refractivity contribution in [2.24, 2.45) is 7.05 Å². The first-order valence-corrected chi connectivity index (χ1v) is 6.60. The van der Waals surface area contributed by atoms with E-state index in [1.54, 1.807) is 24.3 Å². The normalized spacial score (nSPS) is 10.3. The van der Waals surface area contributed by atoms with Crippen LogP contribution >= 0.6 is 27.5 Å². The Kier molecular flexibility index (Phi) is 4.10. The van der Waals surface area contributed by atoms with Crippen molar-refractivity contribution in [3.05, 3.63) is 45.0 Å². The third-order valence-electron chi connectivity index (χ3n) is 2.54. The fourth-order valence-corrected chi connectivity index (χ4v) is 2.42. The molecule has 0 aliphatic rings. The summed E-state index contributed by atoms with van der Waals surface area (Å²) >= 11 is 9.04. The maximum atomic E-state index is 12.1. The van der Waals surface area contributed by atoms with Crippen LogP contribution in [0.4, 0.5) is 5.82 Å². The summed E-state index contributed by atoms with van der Waals surface area (Å²) in [4.78, 5) is 23.1. The first kappa shape index (κ1) is 14.5. The molecule has 0 saturated carbocycles. The predicted octanol–water partition coefficient (Wildman–Crippen LogP) is 2.79. The quantitative estimate of drug-likeness (QED) is 0.883. The van der Waals surface area contributed by atoms with E-state index in [0.29, 0.717) is 10.6 Å². The number of carboxylic acids is 1. The number of rotatable bonds is 3. The molecule has 104 valence electrons. The Labute approximate surface area is 127 Å². The van der Waals surface area contributed by atoms with E-state index < -0.39 is 11.9 Å². The minimum atomic E-state index is -1.19. The number of nitrogens with zero attached hydrogens (tertiary/aromatic N) is 2. The Balaban J connectivity index is 2.34. The number of aromatic nitrogens is 2. The molecule has 0 aliphatic carbocycles. The van der Waals surface area contributed by atoms with Gasteiger partial charge in [-0.05, 0) is 28.1 Å². The average Bonchev–Trinajstić information content (AvgIpc) is 2.67. The predicted molar refractivity (Wildman–Crippen MR) is 77.3 cm³/mol. The summed E-state index contributed by atoms with van der Waals surface area (Å²) in [5, 5.41) is 15.6. The van der Waals surface area contributed by atoms with Crippen molar-refractivity contribution in [2.45, 2.75) is 0 Å². The van der Waals surface area contributed by atoms with Crippen LogP contribution in [0, 0.1) is 0 Å². The molecule has 1 amide bonds. The van der Waals surface area contributed by atoms with E-state index in [0.717, 1.165) is 0 Å². The number of carbonyl (C=O) groups is 2. The summed E-state index contributed by atoms with van der Waals surface area (Å²) < 4.78 is 1.47. The van der Waals surface area contributed by atoms with E-state index in [1.165, 1.54) is 11.7 Å². The van der Waals surface area contributed by atoms with Gasteiger partial charge in [-0.15, -0.1) is 0 Å². The van der Waals surface area contributed by atoms with Gasteiger partial charge in [-0.25, -0.2) is 4.79 Å². The van der Waals surface area contributed by atoms with Gasteiger partial charge in [0.2, 0.25) is 0 Å². The topological polar surface area (TPSA) is 84.2 Å². The van der Waals surface area contributed by atoms with Crippen LogP contribution in [0.15, 0.2) is 28.7 Å². The van der Waals surface area contributed by atoms with E-state index >= 15 is 0 Å². The molecule has 0 fully saturated rings. The molecule has 1 aromatic carbocycles. The van der Waals surface area contributed by atoms with Crippen LogP contribution in [0.2, 0.25) is 5.02 Å². The largest absolute Gasteiger partial charge is 0.476 e. The number of hydrogen-bond donors (Lipinski definition) is 2. The van der Waals surface area contributed by atoms with Crippen molar-refractivity contribution in [1.82, 2.24) is 9.78 Å². The second-order valence-electron chi connectivity index (χ2n) is 3.87. The molecule has 0 saturated heterocycles. The van der Waals surface area contributed by atoms with Gasteiger partial charge in [-0.1, -0.05) is 23.7 Å².